The number of nitrogens with zero attached hydrogens (tertiary/aromatic N) is 4. The first-order chi connectivity index (χ1) is 11.5. The zero-order valence-electron chi connectivity index (χ0n) is 12.4. The van der Waals surface area contributed by atoms with Crippen molar-refractivity contribution in [2.75, 3.05) is 0 Å². The molecule has 2 heterocycles. The third kappa shape index (κ3) is 3.74. The third-order valence-corrected chi connectivity index (χ3v) is 4.99. The molecule has 0 saturated heterocycles. The van der Waals surface area contributed by atoms with Gasteiger partial charge < -0.3 is 9.67 Å². The Hall–Kier alpha value is -2.39. The number of hydrogen-bond donors (Lipinski definition) is 1. The van der Waals surface area contributed by atoms with Gasteiger partial charge in [-0.05, 0) is 48.2 Å². The second-order valence-corrected chi connectivity index (χ2v) is 6.79. The fourth-order valence-electron chi connectivity index (χ4n) is 1.81. The second kappa shape index (κ2) is 7.02. The first kappa shape index (κ1) is 16.5. The third-order valence-electron chi connectivity index (χ3n) is 2.94. The molecule has 2 aromatic heterocycles. The van der Waals surface area contributed by atoms with E-state index in [4.69, 9.17) is 0 Å². The van der Waals surface area contributed by atoms with Gasteiger partial charge in [0.2, 0.25) is 0 Å². The largest absolute Gasteiger partial charge is 0.476 e. The molecule has 0 fully saturated rings. The summed E-state index contributed by atoms with van der Waals surface area (Å²) in [7, 11) is 1.79. The molecule has 0 aliphatic rings. The van der Waals surface area contributed by atoms with Gasteiger partial charge in [-0.3, -0.25) is 0 Å². The summed E-state index contributed by atoms with van der Waals surface area (Å²) in [5.74, 6) is -1.47. The molecule has 0 amide bonds. The minimum atomic E-state index is -1.12. The standard InChI is InChI=1S/C15H11FN4O2S2/c1-20-8-17-19-15(20)24-12-7-6-11(13(18-12)14(21)22)23-10-4-2-9(16)3-5-10/h2-8H,1H3,(H,21,22). The van der Waals surface area contributed by atoms with Crippen molar-refractivity contribution in [1.82, 2.24) is 19.7 Å². The monoisotopic (exact) mass is 362 g/mol. The fourth-order valence-corrected chi connectivity index (χ4v) is 3.44. The summed E-state index contributed by atoms with van der Waals surface area (Å²) in [5, 5.41) is 18.2. The Kier molecular flexibility index (Phi) is 4.81. The number of halogens is 1. The van der Waals surface area contributed by atoms with E-state index in [1.165, 1.54) is 35.7 Å². The Balaban J connectivity index is 1.88. The van der Waals surface area contributed by atoms with Gasteiger partial charge in [-0.1, -0.05) is 11.8 Å². The van der Waals surface area contributed by atoms with Crippen molar-refractivity contribution in [2.45, 2.75) is 20.0 Å². The van der Waals surface area contributed by atoms with E-state index in [1.54, 1.807) is 42.2 Å². The van der Waals surface area contributed by atoms with E-state index in [1.807, 2.05) is 0 Å². The molecular weight excluding hydrogens is 351 g/mol. The summed E-state index contributed by atoms with van der Waals surface area (Å²) in [5.41, 5.74) is -0.0588. The van der Waals surface area contributed by atoms with Crippen LogP contribution in [0, 0.1) is 5.82 Å². The number of pyridine rings is 1. The topological polar surface area (TPSA) is 80.9 Å². The van der Waals surface area contributed by atoms with Crippen LogP contribution < -0.4 is 0 Å². The molecule has 6 nitrogen and oxygen atoms in total. The van der Waals surface area contributed by atoms with Crippen LogP contribution in [0.5, 0.6) is 0 Å². The smallest absolute Gasteiger partial charge is 0.355 e. The molecule has 0 unspecified atom stereocenters. The van der Waals surface area contributed by atoms with E-state index in [2.05, 4.69) is 15.2 Å². The molecule has 0 atom stereocenters. The van der Waals surface area contributed by atoms with Crippen LogP contribution in [0.4, 0.5) is 4.39 Å². The van der Waals surface area contributed by atoms with Crippen molar-refractivity contribution in [2.24, 2.45) is 7.05 Å². The van der Waals surface area contributed by atoms with Crippen molar-refractivity contribution in [3.05, 3.63) is 54.2 Å². The van der Waals surface area contributed by atoms with Crippen LogP contribution in [-0.4, -0.2) is 30.8 Å². The molecule has 0 radical (unpaired) electrons. The van der Waals surface area contributed by atoms with Crippen LogP contribution in [0.1, 0.15) is 10.5 Å². The van der Waals surface area contributed by atoms with E-state index in [9.17, 15) is 14.3 Å². The first-order valence-corrected chi connectivity index (χ1v) is 8.36. The van der Waals surface area contributed by atoms with Gasteiger partial charge in [-0.25, -0.2) is 14.2 Å². The van der Waals surface area contributed by atoms with Gasteiger partial charge >= 0.3 is 5.97 Å². The van der Waals surface area contributed by atoms with Crippen LogP contribution in [0.15, 0.2) is 62.7 Å². The Labute approximate surface area is 145 Å². The lowest BCUT2D eigenvalue weighted by atomic mass is 10.3. The molecule has 0 bridgehead atoms. The molecule has 9 heteroatoms. The SMILES string of the molecule is Cn1cnnc1Sc1ccc(Sc2ccc(F)cc2)c(C(=O)O)n1. The van der Waals surface area contributed by atoms with E-state index < -0.39 is 5.97 Å². The number of aromatic carboxylic acids is 1. The quantitative estimate of drug-likeness (QED) is 0.745. The van der Waals surface area contributed by atoms with Gasteiger partial charge in [-0.15, -0.1) is 10.2 Å². The van der Waals surface area contributed by atoms with Gasteiger partial charge in [0, 0.05) is 16.8 Å². The van der Waals surface area contributed by atoms with Gasteiger partial charge in [0.05, 0.1) is 0 Å². The highest BCUT2D eigenvalue weighted by molar-refractivity contribution is 7.99. The van der Waals surface area contributed by atoms with Gasteiger partial charge in [-0.2, -0.15) is 0 Å². The molecule has 122 valence electrons. The molecule has 1 aromatic carbocycles. The predicted molar refractivity (Wildman–Crippen MR) is 86.8 cm³/mol. The lowest BCUT2D eigenvalue weighted by Crippen LogP contribution is -2.03. The highest BCUT2D eigenvalue weighted by Crippen LogP contribution is 2.32. The van der Waals surface area contributed by atoms with Crippen LogP contribution >= 0.6 is 23.5 Å². The van der Waals surface area contributed by atoms with Crippen molar-refractivity contribution in [3.63, 3.8) is 0 Å². The average molecular weight is 362 g/mol. The van der Waals surface area contributed by atoms with Crippen LogP contribution in [0.2, 0.25) is 0 Å². The first-order valence-electron chi connectivity index (χ1n) is 6.72. The molecule has 0 spiro atoms. The van der Waals surface area contributed by atoms with E-state index >= 15 is 0 Å². The number of carbonyl (C=O) groups is 1. The second-order valence-electron chi connectivity index (χ2n) is 4.68. The molecule has 0 saturated carbocycles. The Morgan fingerprint density at radius 2 is 1.92 bits per heavy atom. The van der Waals surface area contributed by atoms with Crippen molar-refractivity contribution in [3.8, 4) is 0 Å². The summed E-state index contributed by atoms with van der Waals surface area (Å²) in [6.07, 6.45) is 1.55. The molecule has 1 N–H and O–H groups in total. The Bertz CT molecular complexity index is 883. The maximum atomic E-state index is 13.0. The summed E-state index contributed by atoms with van der Waals surface area (Å²) in [6, 6.07) is 9.24. The van der Waals surface area contributed by atoms with Crippen molar-refractivity contribution in [1.29, 1.82) is 0 Å². The number of rotatable bonds is 5. The maximum absolute atomic E-state index is 13.0. The minimum Gasteiger partial charge on any atom is -0.476 e. The molecule has 24 heavy (non-hydrogen) atoms. The van der Waals surface area contributed by atoms with Crippen LogP contribution in [0.25, 0.3) is 0 Å². The average Bonchev–Trinajstić information content (AvgIpc) is 2.96. The molecular formula is C15H11FN4O2S2. The number of aryl methyl sites for hydroxylation is 1. The molecule has 0 aliphatic carbocycles. The van der Waals surface area contributed by atoms with E-state index in [-0.39, 0.29) is 11.5 Å². The molecule has 3 rings (SSSR count). The lowest BCUT2D eigenvalue weighted by molar-refractivity contribution is 0.0685. The maximum Gasteiger partial charge on any atom is 0.355 e. The zero-order chi connectivity index (χ0) is 17.1. The Morgan fingerprint density at radius 1 is 1.17 bits per heavy atom. The minimum absolute atomic E-state index is 0.0588. The van der Waals surface area contributed by atoms with E-state index in [0.29, 0.717) is 15.1 Å². The predicted octanol–water partition coefficient (Wildman–Crippen LogP) is 3.35. The van der Waals surface area contributed by atoms with E-state index in [0.717, 1.165) is 4.90 Å². The number of benzene rings is 1. The van der Waals surface area contributed by atoms with Crippen molar-refractivity contribution >= 4 is 29.5 Å². The Morgan fingerprint density at radius 3 is 2.54 bits per heavy atom. The summed E-state index contributed by atoms with van der Waals surface area (Å²) >= 11 is 2.44. The molecule has 3 aromatic rings. The summed E-state index contributed by atoms with van der Waals surface area (Å²) in [6.45, 7) is 0. The van der Waals surface area contributed by atoms with Gasteiger partial charge in [0.15, 0.2) is 10.9 Å². The number of hydrogen-bond acceptors (Lipinski definition) is 6. The lowest BCUT2D eigenvalue weighted by Gasteiger charge is -2.07. The normalized spacial score (nSPS) is 10.8. The number of carboxylic acids is 1. The van der Waals surface area contributed by atoms with Gasteiger partial charge in [0.1, 0.15) is 17.2 Å². The van der Waals surface area contributed by atoms with Gasteiger partial charge in [0.25, 0.3) is 0 Å². The number of aromatic nitrogens is 4. The highest BCUT2D eigenvalue weighted by atomic mass is 32.2. The zero-order valence-corrected chi connectivity index (χ0v) is 14.0. The summed E-state index contributed by atoms with van der Waals surface area (Å²) < 4.78 is 14.7. The van der Waals surface area contributed by atoms with Crippen LogP contribution in [0.3, 0.4) is 0 Å². The van der Waals surface area contributed by atoms with Crippen molar-refractivity contribution < 1.29 is 14.3 Å². The fraction of sp³-hybridized carbons (Fsp3) is 0.0667. The highest BCUT2D eigenvalue weighted by Gasteiger charge is 2.16. The van der Waals surface area contributed by atoms with Crippen LogP contribution in [-0.2, 0) is 7.05 Å². The summed E-state index contributed by atoms with van der Waals surface area (Å²) in [4.78, 5) is 16.9. The molecule has 0 aliphatic heterocycles. The number of carboxylic acid groups (broad SMARTS) is 1.